The lowest BCUT2D eigenvalue weighted by Crippen LogP contribution is -2.40. The number of carbonyl (C=O) groups is 1. The molecule has 3 heterocycles. The number of aromatic nitrogens is 4. The molecule has 0 bridgehead atoms. The van der Waals surface area contributed by atoms with E-state index < -0.39 is 30.4 Å². The van der Waals surface area contributed by atoms with Crippen molar-refractivity contribution in [3.05, 3.63) is 52.9 Å². The van der Waals surface area contributed by atoms with Crippen LogP contribution < -0.4 is 15.4 Å². The van der Waals surface area contributed by atoms with Crippen LogP contribution in [-0.4, -0.2) is 61.9 Å². The zero-order chi connectivity index (χ0) is 25.1. The Hall–Kier alpha value is -3.93. The van der Waals surface area contributed by atoms with E-state index in [4.69, 9.17) is 15.0 Å². The van der Waals surface area contributed by atoms with Gasteiger partial charge in [0.05, 0.1) is 12.4 Å². The second-order valence-corrected chi connectivity index (χ2v) is 8.82. The Morgan fingerprint density at radius 3 is 2.94 bits per heavy atom. The van der Waals surface area contributed by atoms with Crippen LogP contribution in [0.4, 0.5) is 5.82 Å². The topological polar surface area (TPSA) is 172 Å². The summed E-state index contributed by atoms with van der Waals surface area (Å²) >= 11 is 0. The predicted octanol–water partition coefficient (Wildman–Crippen LogP) is 2.44. The number of nitrogens with one attached hydrogen (secondary N) is 2. The number of aliphatic hydroxyl groups excluding tert-OH is 1. The number of aliphatic hydroxyl groups is 1. The van der Waals surface area contributed by atoms with Crippen LogP contribution in [0.1, 0.15) is 37.5 Å². The minimum Gasteiger partial charge on any atom is -0.490 e. The Bertz CT molecular complexity index is 1290. The number of azide groups is 1. The van der Waals surface area contributed by atoms with Crippen LogP contribution in [0.25, 0.3) is 21.6 Å². The first-order valence-electron chi connectivity index (χ1n) is 11.9. The number of nitrogens with zero attached hydrogens (tertiary/aromatic N) is 7. The molecule has 1 aliphatic heterocycles. The molecule has 2 aliphatic rings. The largest absolute Gasteiger partial charge is 0.490 e. The van der Waals surface area contributed by atoms with E-state index in [1.807, 2.05) is 24.3 Å². The molecule has 2 fully saturated rings. The second kappa shape index (κ2) is 10.4. The highest BCUT2D eigenvalue weighted by molar-refractivity contribution is 5.83. The van der Waals surface area contributed by atoms with Crippen molar-refractivity contribution in [2.24, 2.45) is 5.11 Å². The van der Waals surface area contributed by atoms with E-state index in [9.17, 15) is 9.90 Å². The highest BCUT2D eigenvalue weighted by atomic mass is 16.5. The van der Waals surface area contributed by atoms with Gasteiger partial charge in [0.1, 0.15) is 30.3 Å². The number of ether oxygens (including phenoxy) is 2. The van der Waals surface area contributed by atoms with Crippen LogP contribution in [0.3, 0.4) is 0 Å². The Labute approximate surface area is 206 Å². The van der Waals surface area contributed by atoms with Crippen LogP contribution in [0.2, 0.25) is 0 Å². The van der Waals surface area contributed by atoms with Crippen LogP contribution in [0, 0.1) is 0 Å². The lowest BCUT2D eigenvalue weighted by atomic mass is 10.1. The van der Waals surface area contributed by atoms with Gasteiger partial charge in [0.15, 0.2) is 23.2 Å². The number of likely N-dealkylation sites (N-methyl/N-ethyl adjacent to an activating group) is 1. The van der Waals surface area contributed by atoms with E-state index in [-0.39, 0.29) is 6.10 Å². The van der Waals surface area contributed by atoms with Crippen molar-refractivity contribution in [2.75, 3.05) is 12.4 Å². The quantitative estimate of drug-likeness (QED) is 0.244. The highest BCUT2D eigenvalue weighted by Crippen LogP contribution is 2.34. The predicted molar refractivity (Wildman–Crippen MR) is 129 cm³/mol. The average molecular weight is 494 g/mol. The Morgan fingerprint density at radius 2 is 2.17 bits per heavy atom. The summed E-state index contributed by atoms with van der Waals surface area (Å²) in [6.45, 7) is 0.487. The standard InChI is InChI=1S/C23H27N9O4/c1-25-22(34)19-16(30-31-24)18(33)23(36-19)32-12-29-17-20(27-11-28-21(17)32)26-10-13-5-4-8-15(9-13)35-14-6-2-3-7-14/h4-5,8-9,11-12,14,16,18-19,23,33H,2-3,6-7,10H2,1H3,(H,25,34)(H,26,27,28). The first-order chi connectivity index (χ1) is 17.6. The van der Waals surface area contributed by atoms with Crippen LogP contribution in [-0.2, 0) is 16.1 Å². The van der Waals surface area contributed by atoms with Gasteiger partial charge in [-0.3, -0.25) is 9.36 Å². The van der Waals surface area contributed by atoms with Gasteiger partial charge in [0.2, 0.25) is 5.91 Å². The number of carbonyl (C=O) groups excluding carboxylic acids is 1. The van der Waals surface area contributed by atoms with Crippen molar-refractivity contribution in [1.82, 2.24) is 24.8 Å². The normalized spacial score (nSPS) is 23.9. The zero-order valence-electron chi connectivity index (χ0n) is 19.7. The fraction of sp³-hybridized carbons (Fsp3) is 0.478. The number of amides is 1. The van der Waals surface area contributed by atoms with Crippen molar-refractivity contribution in [2.45, 2.75) is 62.8 Å². The molecule has 1 aliphatic carbocycles. The SMILES string of the molecule is CNC(=O)C1OC(n2cnc3c(NCc4cccc(OC5CCCC5)c4)ncnc32)C(O)C1N=[N+]=[N-]. The molecule has 13 nitrogen and oxygen atoms in total. The molecule has 3 N–H and O–H groups in total. The third kappa shape index (κ3) is 4.63. The van der Waals surface area contributed by atoms with E-state index in [1.165, 1.54) is 37.1 Å². The van der Waals surface area contributed by atoms with E-state index in [0.29, 0.717) is 23.5 Å². The molecule has 5 rings (SSSR count). The average Bonchev–Trinajstić information content (AvgIpc) is 3.63. The monoisotopic (exact) mass is 493 g/mol. The number of benzene rings is 1. The highest BCUT2D eigenvalue weighted by Gasteiger charge is 2.48. The molecule has 1 amide bonds. The minimum absolute atomic E-state index is 0.285. The molecule has 188 valence electrons. The van der Waals surface area contributed by atoms with Crippen molar-refractivity contribution in [3.63, 3.8) is 0 Å². The van der Waals surface area contributed by atoms with E-state index in [1.54, 1.807) is 0 Å². The van der Waals surface area contributed by atoms with Crippen molar-refractivity contribution in [3.8, 4) is 5.75 Å². The van der Waals surface area contributed by atoms with E-state index in [2.05, 4.69) is 35.6 Å². The number of hydrogen-bond donors (Lipinski definition) is 3. The number of fused-ring (bicyclic) bond motifs is 1. The molecule has 13 heteroatoms. The summed E-state index contributed by atoms with van der Waals surface area (Å²) in [7, 11) is 1.44. The summed E-state index contributed by atoms with van der Waals surface area (Å²) in [5, 5.41) is 20.1. The minimum atomic E-state index is -1.28. The third-order valence-electron chi connectivity index (χ3n) is 6.52. The maximum absolute atomic E-state index is 12.2. The molecule has 36 heavy (non-hydrogen) atoms. The van der Waals surface area contributed by atoms with Crippen molar-refractivity contribution < 1.29 is 19.4 Å². The summed E-state index contributed by atoms with van der Waals surface area (Å²) in [4.78, 5) is 28.0. The summed E-state index contributed by atoms with van der Waals surface area (Å²) in [5.74, 6) is 0.850. The van der Waals surface area contributed by atoms with Crippen LogP contribution in [0.5, 0.6) is 5.75 Å². The van der Waals surface area contributed by atoms with Gasteiger partial charge < -0.3 is 25.2 Å². The van der Waals surface area contributed by atoms with E-state index in [0.717, 1.165) is 24.2 Å². The first kappa shape index (κ1) is 23.8. The lowest BCUT2D eigenvalue weighted by Gasteiger charge is -2.17. The van der Waals surface area contributed by atoms with Gasteiger partial charge in [-0.25, -0.2) is 15.0 Å². The molecule has 1 aromatic carbocycles. The summed E-state index contributed by atoms with van der Waals surface area (Å²) in [6.07, 6.45) is 4.27. The zero-order valence-corrected chi connectivity index (χ0v) is 19.7. The summed E-state index contributed by atoms with van der Waals surface area (Å²) in [5.41, 5.74) is 10.8. The van der Waals surface area contributed by atoms with Crippen molar-refractivity contribution >= 4 is 22.9 Å². The smallest absolute Gasteiger partial charge is 0.249 e. The van der Waals surface area contributed by atoms with Gasteiger partial charge in [-0.05, 0) is 48.9 Å². The molecule has 2 aromatic heterocycles. The van der Waals surface area contributed by atoms with Crippen molar-refractivity contribution in [1.29, 1.82) is 0 Å². The molecular formula is C23H27N9O4. The number of rotatable bonds is 8. The van der Waals surface area contributed by atoms with Gasteiger partial charge in [-0.15, -0.1) is 0 Å². The molecule has 1 saturated heterocycles. The second-order valence-electron chi connectivity index (χ2n) is 8.82. The fourth-order valence-electron chi connectivity index (χ4n) is 4.72. The Morgan fingerprint density at radius 1 is 1.33 bits per heavy atom. The van der Waals surface area contributed by atoms with Gasteiger partial charge in [-0.1, -0.05) is 17.2 Å². The van der Waals surface area contributed by atoms with E-state index >= 15 is 0 Å². The third-order valence-corrected chi connectivity index (χ3v) is 6.52. The summed E-state index contributed by atoms with van der Waals surface area (Å²) in [6, 6.07) is 6.85. The fourth-order valence-corrected chi connectivity index (χ4v) is 4.72. The molecule has 0 radical (unpaired) electrons. The Balaban J connectivity index is 1.34. The van der Waals surface area contributed by atoms with Gasteiger partial charge in [0, 0.05) is 18.5 Å². The molecule has 0 spiro atoms. The van der Waals surface area contributed by atoms with Crippen LogP contribution in [0.15, 0.2) is 42.0 Å². The molecular weight excluding hydrogens is 466 g/mol. The molecule has 4 unspecified atom stereocenters. The number of hydrogen-bond acceptors (Lipinski definition) is 9. The van der Waals surface area contributed by atoms with Gasteiger partial charge in [0.25, 0.3) is 0 Å². The van der Waals surface area contributed by atoms with Gasteiger partial charge in [-0.2, -0.15) is 0 Å². The maximum Gasteiger partial charge on any atom is 0.249 e. The lowest BCUT2D eigenvalue weighted by molar-refractivity contribution is -0.134. The van der Waals surface area contributed by atoms with Crippen LogP contribution >= 0.6 is 0 Å². The Kier molecular flexibility index (Phi) is 6.85. The molecule has 1 saturated carbocycles. The molecule has 4 atom stereocenters. The maximum atomic E-state index is 12.2. The number of imidazole rings is 1. The van der Waals surface area contributed by atoms with Gasteiger partial charge >= 0.3 is 0 Å². The first-order valence-corrected chi connectivity index (χ1v) is 11.9. The number of anilines is 1. The molecule has 3 aromatic rings. The summed E-state index contributed by atoms with van der Waals surface area (Å²) < 4.78 is 13.4.